The van der Waals surface area contributed by atoms with Crippen LogP contribution < -0.4 is 0 Å². The summed E-state index contributed by atoms with van der Waals surface area (Å²) in [6.07, 6.45) is 7.92. The number of esters is 1. The monoisotopic (exact) mass is 596 g/mol. The third-order valence-electron chi connectivity index (χ3n) is 11.0. The molecule has 5 fully saturated rings. The number of fused-ring (bicyclic) bond motifs is 7. The van der Waals surface area contributed by atoms with E-state index in [-0.39, 0.29) is 39.7 Å². The molecule has 6 heteroatoms. The van der Waals surface area contributed by atoms with Crippen LogP contribution in [0.5, 0.6) is 0 Å². The molecule has 0 amide bonds. The topological polar surface area (TPSA) is 55.9 Å². The van der Waals surface area contributed by atoms with E-state index in [2.05, 4.69) is 36.4 Å². The molecule has 5 aliphatic rings. The fraction of sp³-hybridized carbons (Fsp3) is 0.714. The summed E-state index contributed by atoms with van der Waals surface area (Å²) < 4.78 is 13.1. The number of alkyl halides is 1. The molecule has 1 heterocycles. The van der Waals surface area contributed by atoms with Crippen LogP contribution in [0.15, 0.2) is 24.3 Å². The average Bonchev–Trinajstić information content (AvgIpc) is 3.47. The van der Waals surface area contributed by atoms with Crippen molar-refractivity contribution >= 4 is 45.9 Å². The van der Waals surface area contributed by atoms with E-state index in [1.165, 1.54) is 0 Å². The van der Waals surface area contributed by atoms with Crippen molar-refractivity contribution in [3.05, 3.63) is 33.4 Å². The van der Waals surface area contributed by atoms with Gasteiger partial charge in [0.2, 0.25) is 0 Å². The number of carbonyl (C=O) groups excluding carboxylic acids is 2. The molecule has 4 nitrogen and oxygen atoms in total. The summed E-state index contributed by atoms with van der Waals surface area (Å²) in [4.78, 5) is 25.2. The second-order valence-electron chi connectivity index (χ2n) is 12.1. The van der Waals surface area contributed by atoms with Crippen LogP contribution in [0.3, 0.4) is 0 Å². The molecule has 0 N–H and O–H groups in total. The van der Waals surface area contributed by atoms with Crippen LogP contribution in [0.2, 0.25) is 0 Å². The van der Waals surface area contributed by atoms with Crippen LogP contribution in [0.4, 0.5) is 0 Å². The predicted octanol–water partition coefficient (Wildman–Crippen LogP) is 6.56. The van der Waals surface area contributed by atoms with E-state index in [4.69, 9.17) is 21.1 Å². The molecule has 9 atom stereocenters. The molecule has 0 radical (unpaired) electrons. The van der Waals surface area contributed by atoms with Crippen molar-refractivity contribution in [3.63, 3.8) is 0 Å². The zero-order valence-electron chi connectivity index (χ0n) is 20.2. The summed E-state index contributed by atoms with van der Waals surface area (Å²) in [5.74, 6) is 1.33. The summed E-state index contributed by atoms with van der Waals surface area (Å²) in [7, 11) is 0. The van der Waals surface area contributed by atoms with Crippen molar-refractivity contribution in [1.82, 2.24) is 0 Å². The minimum Gasteiger partial charge on any atom is -0.459 e. The smallest absolute Gasteiger partial charge is 0.338 e. The number of ether oxygens (including phenoxy) is 2. The molecular formula is C28H34ClIO4. The first-order valence-electron chi connectivity index (χ1n) is 12.9. The van der Waals surface area contributed by atoms with Crippen molar-refractivity contribution in [1.29, 1.82) is 0 Å². The molecule has 0 aromatic heterocycles. The van der Waals surface area contributed by atoms with Crippen LogP contribution in [-0.4, -0.2) is 34.4 Å². The highest BCUT2D eigenvalue weighted by Crippen LogP contribution is 2.76. The summed E-state index contributed by atoms with van der Waals surface area (Å²) in [6.45, 7) is 6.43. The Hall–Kier alpha value is -0.660. The number of rotatable bonds is 3. The summed E-state index contributed by atoms with van der Waals surface area (Å²) in [5.41, 5.74) is 0.0245. The lowest BCUT2D eigenvalue weighted by molar-refractivity contribution is -0.144. The van der Waals surface area contributed by atoms with E-state index in [0.717, 1.165) is 54.9 Å². The van der Waals surface area contributed by atoms with Crippen molar-refractivity contribution in [2.75, 3.05) is 0 Å². The molecule has 6 rings (SSSR count). The van der Waals surface area contributed by atoms with Gasteiger partial charge in [-0.1, -0.05) is 19.9 Å². The van der Waals surface area contributed by atoms with Gasteiger partial charge in [-0.15, -0.1) is 11.6 Å². The van der Waals surface area contributed by atoms with Gasteiger partial charge < -0.3 is 9.47 Å². The maximum Gasteiger partial charge on any atom is 0.338 e. The summed E-state index contributed by atoms with van der Waals surface area (Å²) in [6, 6.07) is 7.60. The lowest BCUT2D eigenvalue weighted by Crippen LogP contribution is -2.64. The summed E-state index contributed by atoms with van der Waals surface area (Å²) >= 11 is 9.97. The van der Waals surface area contributed by atoms with E-state index in [1.54, 1.807) is 6.92 Å². The third-order valence-corrected chi connectivity index (χ3v) is 12.6. The predicted molar refractivity (Wildman–Crippen MR) is 139 cm³/mol. The lowest BCUT2D eigenvalue weighted by atomic mass is 9.44. The zero-order valence-corrected chi connectivity index (χ0v) is 23.2. The van der Waals surface area contributed by atoms with Gasteiger partial charge >= 0.3 is 5.97 Å². The molecule has 4 saturated carbocycles. The number of Topliss-reactive ketones (excluding diaryl/α,β-unsaturated/α-hetero) is 1. The van der Waals surface area contributed by atoms with Gasteiger partial charge in [0.05, 0.1) is 16.5 Å². The second kappa shape index (κ2) is 7.67. The van der Waals surface area contributed by atoms with Gasteiger partial charge in [-0.25, -0.2) is 4.79 Å². The zero-order chi connectivity index (χ0) is 24.1. The van der Waals surface area contributed by atoms with E-state index in [1.807, 2.05) is 24.3 Å². The van der Waals surface area contributed by atoms with Crippen LogP contribution in [0, 0.1) is 32.2 Å². The number of hydrogen-bond acceptors (Lipinski definition) is 4. The highest BCUT2D eigenvalue weighted by Gasteiger charge is 2.81. The number of benzene rings is 1. The molecule has 1 saturated heterocycles. The largest absolute Gasteiger partial charge is 0.459 e. The Labute approximate surface area is 221 Å². The Kier molecular flexibility index (Phi) is 5.35. The standard InChI is InChI=1S/C28H34ClIO4/c1-16(31)28-23(34-28)15-22-21-8-7-18-14-20(33-24(32)17-5-4-6-19(30)13-17)9-10-25(18,2)27(21,29)12-11-26(22,28)3/h4-6,13,18,20-23H,7-12,14-15H2,1-3H3/t18-,20?,21-,22-,23?,25-,26-,27+,28+/m0/s1. The first kappa shape index (κ1) is 23.7. The number of hydrogen-bond donors (Lipinski definition) is 0. The van der Waals surface area contributed by atoms with Gasteiger partial charge in [0.15, 0.2) is 11.4 Å². The molecular weight excluding hydrogens is 563 g/mol. The molecule has 1 aromatic carbocycles. The van der Waals surface area contributed by atoms with Gasteiger partial charge in [0.1, 0.15) is 6.10 Å². The van der Waals surface area contributed by atoms with E-state index in [9.17, 15) is 9.59 Å². The van der Waals surface area contributed by atoms with E-state index in [0.29, 0.717) is 23.3 Å². The van der Waals surface area contributed by atoms with Crippen molar-refractivity contribution < 1.29 is 19.1 Å². The fourth-order valence-electron chi connectivity index (χ4n) is 9.12. The van der Waals surface area contributed by atoms with Crippen LogP contribution in [-0.2, 0) is 14.3 Å². The second-order valence-corrected chi connectivity index (χ2v) is 14.1. The first-order chi connectivity index (χ1) is 16.0. The number of ketones is 1. The minimum atomic E-state index is -0.547. The average molecular weight is 597 g/mol. The molecule has 4 aliphatic carbocycles. The first-order valence-corrected chi connectivity index (χ1v) is 14.4. The minimum absolute atomic E-state index is 0.0286. The van der Waals surface area contributed by atoms with E-state index < -0.39 is 5.60 Å². The number of carbonyl (C=O) groups is 2. The van der Waals surface area contributed by atoms with Gasteiger partial charge in [0, 0.05) is 8.99 Å². The van der Waals surface area contributed by atoms with Crippen molar-refractivity contribution in [3.8, 4) is 0 Å². The SMILES string of the molecule is CC(=O)[C@@]12OC1C[C@H]1[C@@H]3CC[C@H]4CC(OC(=O)c5cccc(I)c5)CC[C@]4(C)[C@@]3(Cl)CC[C@@]12C. The van der Waals surface area contributed by atoms with E-state index >= 15 is 0 Å². The lowest BCUT2D eigenvalue weighted by Gasteiger charge is -2.65. The van der Waals surface area contributed by atoms with Crippen LogP contribution >= 0.6 is 34.2 Å². The molecule has 1 aliphatic heterocycles. The molecule has 0 bridgehead atoms. The number of halogens is 2. The molecule has 34 heavy (non-hydrogen) atoms. The van der Waals surface area contributed by atoms with Gasteiger partial charge in [-0.3, -0.25) is 4.79 Å². The Bertz CT molecular complexity index is 1060. The Morgan fingerprint density at radius 2 is 1.85 bits per heavy atom. The van der Waals surface area contributed by atoms with Gasteiger partial charge in [-0.2, -0.15) is 0 Å². The maximum absolute atomic E-state index is 12.8. The van der Waals surface area contributed by atoms with Crippen molar-refractivity contribution in [2.45, 2.75) is 94.8 Å². The molecule has 184 valence electrons. The maximum atomic E-state index is 12.8. The highest BCUT2D eigenvalue weighted by atomic mass is 127. The van der Waals surface area contributed by atoms with Gasteiger partial charge in [-0.05, 0) is 122 Å². The molecule has 1 aromatic rings. The Balaban J connectivity index is 1.20. The number of epoxide rings is 1. The highest BCUT2D eigenvalue weighted by molar-refractivity contribution is 14.1. The Morgan fingerprint density at radius 1 is 1.06 bits per heavy atom. The molecule has 0 spiro atoms. The molecule has 2 unspecified atom stereocenters. The summed E-state index contributed by atoms with van der Waals surface area (Å²) in [5, 5.41) is 0. The van der Waals surface area contributed by atoms with Gasteiger partial charge in [0.25, 0.3) is 0 Å². The third kappa shape index (κ3) is 2.98. The quantitative estimate of drug-likeness (QED) is 0.172. The van der Waals surface area contributed by atoms with Crippen LogP contribution in [0.25, 0.3) is 0 Å². The normalized spacial score (nSPS) is 48.7. The van der Waals surface area contributed by atoms with Crippen molar-refractivity contribution in [2.24, 2.45) is 28.6 Å². The van der Waals surface area contributed by atoms with Crippen LogP contribution in [0.1, 0.15) is 82.5 Å². The Morgan fingerprint density at radius 3 is 2.59 bits per heavy atom. The fourth-order valence-corrected chi connectivity index (χ4v) is 10.3.